The number of hydrogen-bond donors (Lipinski definition) is 2. The van der Waals surface area contributed by atoms with E-state index in [1.54, 1.807) is 6.07 Å². The van der Waals surface area contributed by atoms with Crippen molar-refractivity contribution in [2.24, 2.45) is 0 Å². The molecule has 0 saturated heterocycles. The average Bonchev–Trinajstić information content (AvgIpc) is 2.28. The maximum absolute atomic E-state index is 11.7. The number of aliphatic hydroxyl groups excluding tert-OH is 1. The van der Waals surface area contributed by atoms with Crippen LogP contribution < -0.4 is 5.32 Å². The maximum Gasteiger partial charge on any atom is 0.254 e. The van der Waals surface area contributed by atoms with Crippen molar-refractivity contribution in [3.8, 4) is 0 Å². The summed E-state index contributed by atoms with van der Waals surface area (Å²) < 4.78 is 0. The Hall–Kier alpha value is -1.13. The number of rotatable bonds is 5. The molecule has 0 fully saturated rings. The minimum Gasteiger partial charge on any atom is -0.393 e. The van der Waals surface area contributed by atoms with E-state index < -0.39 is 0 Å². The SMILES string of the molecule is CCC(O)CCNC(=O)c1cnc(C)cc1Cl. The largest absolute Gasteiger partial charge is 0.393 e. The van der Waals surface area contributed by atoms with E-state index in [1.807, 2.05) is 13.8 Å². The van der Waals surface area contributed by atoms with Gasteiger partial charge in [-0.05, 0) is 25.8 Å². The smallest absolute Gasteiger partial charge is 0.254 e. The topological polar surface area (TPSA) is 62.2 Å². The minimum atomic E-state index is -0.373. The van der Waals surface area contributed by atoms with E-state index in [4.69, 9.17) is 11.6 Å². The number of aromatic nitrogens is 1. The molecular weight excluding hydrogens is 240 g/mol. The highest BCUT2D eigenvalue weighted by molar-refractivity contribution is 6.33. The molecule has 1 rings (SSSR count). The third kappa shape index (κ3) is 4.32. The van der Waals surface area contributed by atoms with Gasteiger partial charge in [-0.2, -0.15) is 0 Å². The summed E-state index contributed by atoms with van der Waals surface area (Å²) in [5.74, 6) is -0.259. The minimum absolute atomic E-state index is 0.259. The number of aliphatic hydroxyl groups is 1. The maximum atomic E-state index is 11.7. The van der Waals surface area contributed by atoms with Crippen LogP contribution in [0.2, 0.25) is 5.02 Å². The van der Waals surface area contributed by atoms with Crippen molar-refractivity contribution in [1.82, 2.24) is 10.3 Å². The van der Waals surface area contributed by atoms with Gasteiger partial charge < -0.3 is 10.4 Å². The Morgan fingerprint density at radius 3 is 2.94 bits per heavy atom. The van der Waals surface area contributed by atoms with Gasteiger partial charge in [0.05, 0.1) is 16.7 Å². The van der Waals surface area contributed by atoms with E-state index >= 15 is 0 Å². The predicted octanol–water partition coefficient (Wildman–Crippen LogP) is 1.93. The van der Waals surface area contributed by atoms with E-state index in [1.165, 1.54) is 6.20 Å². The van der Waals surface area contributed by atoms with Gasteiger partial charge >= 0.3 is 0 Å². The van der Waals surface area contributed by atoms with Crippen LogP contribution in [0.5, 0.6) is 0 Å². The summed E-state index contributed by atoms with van der Waals surface area (Å²) in [6, 6.07) is 1.65. The van der Waals surface area contributed by atoms with E-state index in [2.05, 4.69) is 10.3 Å². The van der Waals surface area contributed by atoms with Crippen LogP contribution in [0, 0.1) is 6.92 Å². The van der Waals surface area contributed by atoms with Crippen LogP contribution >= 0.6 is 11.6 Å². The van der Waals surface area contributed by atoms with Gasteiger partial charge in [0, 0.05) is 18.4 Å². The molecule has 5 heteroatoms. The quantitative estimate of drug-likeness (QED) is 0.846. The van der Waals surface area contributed by atoms with Gasteiger partial charge in [-0.3, -0.25) is 9.78 Å². The molecule has 1 amide bonds. The molecule has 0 aliphatic rings. The second kappa shape index (κ2) is 6.57. The molecule has 1 atom stereocenters. The first-order valence-electron chi connectivity index (χ1n) is 5.63. The number of carbonyl (C=O) groups is 1. The molecule has 17 heavy (non-hydrogen) atoms. The van der Waals surface area contributed by atoms with Crippen LogP contribution in [0.1, 0.15) is 35.8 Å². The lowest BCUT2D eigenvalue weighted by Crippen LogP contribution is -2.27. The Kier molecular flexibility index (Phi) is 5.38. The van der Waals surface area contributed by atoms with Crippen molar-refractivity contribution in [2.75, 3.05) is 6.54 Å². The predicted molar refractivity (Wildman–Crippen MR) is 67.2 cm³/mol. The second-order valence-corrected chi connectivity index (χ2v) is 4.32. The van der Waals surface area contributed by atoms with Gasteiger partial charge in [0.2, 0.25) is 0 Å². The van der Waals surface area contributed by atoms with Crippen molar-refractivity contribution < 1.29 is 9.90 Å². The number of nitrogens with zero attached hydrogens (tertiary/aromatic N) is 1. The van der Waals surface area contributed by atoms with Crippen molar-refractivity contribution in [2.45, 2.75) is 32.8 Å². The molecule has 0 spiro atoms. The Balaban J connectivity index is 2.52. The number of carbonyl (C=O) groups excluding carboxylic acids is 1. The fourth-order valence-electron chi connectivity index (χ4n) is 1.35. The van der Waals surface area contributed by atoms with Crippen LogP contribution in [0.4, 0.5) is 0 Å². The van der Waals surface area contributed by atoms with Crippen LogP contribution in [0.25, 0.3) is 0 Å². The van der Waals surface area contributed by atoms with Gasteiger partial charge in [-0.1, -0.05) is 18.5 Å². The van der Waals surface area contributed by atoms with Crippen molar-refractivity contribution >= 4 is 17.5 Å². The van der Waals surface area contributed by atoms with E-state index in [0.717, 1.165) is 5.69 Å². The lowest BCUT2D eigenvalue weighted by Gasteiger charge is -2.09. The molecule has 0 aliphatic carbocycles. The first kappa shape index (κ1) is 13.9. The monoisotopic (exact) mass is 256 g/mol. The number of pyridine rings is 1. The zero-order valence-electron chi connectivity index (χ0n) is 10.0. The lowest BCUT2D eigenvalue weighted by atomic mass is 10.2. The Bertz CT molecular complexity index is 396. The van der Waals surface area contributed by atoms with Gasteiger partial charge in [0.25, 0.3) is 5.91 Å². The molecule has 0 aliphatic heterocycles. The van der Waals surface area contributed by atoms with Crippen molar-refractivity contribution in [3.05, 3.63) is 28.5 Å². The highest BCUT2D eigenvalue weighted by Crippen LogP contribution is 2.15. The molecule has 1 aromatic heterocycles. The van der Waals surface area contributed by atoms with Gasteiger partial charge in [-0.15, -0.1) is 0 Å². The zero-order chi connectivity index (χ0) is 12.8. The van der Waals surface area contributed by atoms with Crippen LogP contribution in [0.3, 0.4) is 0 Å². The number of amides is 1. The van der Waals surface area contributed by atoms with Crippen LogP contribution in [-0.4, -0.2) is 28.6 Å². The molecule has 0 saturated carbocycles. The summed E-state index contributed by atoms with van der Waals surface area (Å²) in [6.45, 7) is 4.14. The normalized spacial score (nSPS) is 12.2. The third-order valence-corrected chi connectivity index (χ3v) is 2.78. The first-order chi connectivity index (χ1) is 8.04. The molecule has 94 valence electrons. The number of aryl methyl sites for hydroxylation is 1. The summed E-state index contributed by atoms with van der Waals surface area (Å²) in [6.07, 6.45) is 2.31. The lowest BCUT2D eigenvalue weighted by molar-refractivity contribution is 0.0942. The highest BCUT2D eigenvalue weighted by Gasteiger charge is 2.11. The molecule has 2 N–H and O–H groups in total. The summed E-state index contributed by atoms with van der Waals surface area (Å²) in [4.78, 5) is 15.8. The van der Waals surface area contributed by atoms with Crippen LogP contribution in [0.15, 0.2) is 12.3 Å². The van der Waals surface area contributed by atoms with E-state index in [-0.39, 0.29) is 12.0 Å². The molecular formula is C12H17ClN2O2. The molecule has 1 aromatic rings. The Morgan fingerprint density at radius 2 is 2.35 bits per heavy atom. The summed E-state index contributed by atoms with van der Waals surface area (Å²) in [7, 11) is 0. The third-order valence-electron chi connectivity index (χ3n) is 2.47. The molecule has 1 unspecified atom stereocenters. The number of hydrogen-bond acceptors (Lipinski definition) is 3. The second-order valence-electron chi connectivity index (χ2n) is 3.91. The van der Waals surface area contributed by atoms with Crippen molar-refractivity contribution in [3.63, 3.8) is 0 Å². The number of nitrogens with one attached hydrogen (secondary N) is 1. The zero-order valence-corrected chi connectivity index (χ0v) is 10.8. The standard InChI is InChI=1S/C12H17ClN2O2/c1-3-9(16)4-5-14-12(17)10-7-15-8(2)6-11(10)13/h6-7,9,16H,3-5H2,1-2H3,(H,14,17). The number of halogens is 1. The summed E-state index contributed by atoms with van der Waals surface area (Å²) >= 11 is 5.94. The molecule has 0 radical (unpaired) electrons. The highest BCUT2D eigenvalue weighted by atomic mass is 35.5. The molecule has 1 heterocycles. The van der Waals surface area contributed by atoms with Gasteiger partial charge in [0.15, 0.2) is 0 Å². The first-order valence-corrected chi connectivity index (χ1v) is 6.00. The van der Waals surface area contributed by atoms with E-state index in [0.29, 0.717) is 30.0 Å². The van der Waals surface area contributed by atoms with Crippen molar-refractivity contribution in [1.29, 1.82) is 0 Å². The van der Waals surface area contributed by atoms with E-state index in [9.17, 15) is 9.90 Å². The summed E-state index contributed by atoms with van der Waals surface area (Å²) in [5, 5.41) is 12.4. The molecule has 4 nitrogen and oxygen atoms in total. The average molecular weight is 257 g/mol. The Morgan fingerprint density at radius 1 is 1.65 bits per heavy atom. The molecule has 0 bridgehead atoms. The Labute approximate surface area is 106 Å². The van der Waals surface area contributed by atoms with Crippen LogP contribution in [-0.2, 0) is 0 Å². The fraction of sp³-hybridized carbons (Fsp3) is 0.500. The summed E-state index contributed by atoms with van der Waals surface area (Å²) in [5.41, 5.74) is 1.14. The van der Waals surface area contributed by atoms with Gasteiger partial charge in [-0.25, -0.2) is 0 Å². The van der Waals surface area contributed by atoms with Gasteiger partial charge in [0.1, 0.15) is 0 Å². The fourth-order valence-corrected chi connectivity index (χ4v) is 1.64. The molecule has 0 aromatic carbocycles.